The van der Waals surface area contributed by atoms with Gasteiger partial charge >= 0.3 is 12.0 Å². The number of aryl methyl sites for hydroxylation is 1. The van der Waals surface area contributed by atoms with Crippen LogP contribution in [0.1, 0.15) is 35.0 Å². The van der Waals surface area contributed by atoms with E-state index in [0.29, 0.717) is 12.2 Å². The van der Waals surface area contributed by atoms with Gasteiger partial charge in [0.15, 0.2) is 0 Å². The van der Waals surface area contributed by atoms with Crippen molar-refractivity contribution < 1.29 is 23.7 Å². The molecule has 0 unspecified atom stereocenters. The second kappa shape index (κ2) is 11.7. The van der Waals surface area contributed by atoms with Crippen LogP contribution >= 0.6 is 0 Å². The van der Waals surface area contributed by atoms with Crippen LogP contribution in [0.5, 0.6) is 23.5 Å². The highest BCUT2D eigenvalue weighted by Gasteiger charge is 2.46. The fraction of sp³-hybridized carbons (Fsp3) is 0.286. The van der Waals surface area contributed by atoms with Gasteiger partial charge in [-0.15, -0.1) is 4.98 Å². The first-order valence-electron chi connectivity index (χ1n) is 12.4. The molecule has 39 heavy (non-hydrogen) atoms. The second-order valence-corrected chi connectivity index (χ2v) is 8.99. The van der Waals surface area contributed by atoms with Crippen molar-refractivity contribution in [3.05, 3.63) is 83.4 Å². The molecular weight excluding hydrogens is 500 g/mol. The Morgan fingerprint density at radius 2 is 1.38 bits per heavy atom. The zero-order valence-electron chi connectivity index (χ0n) is 21.8. The molecule has 1 aliphatic rings. The number of nitrogens with zero attached hydrogens (tertiary/aromatic N) is 5. The van der Waals surface area contributed by atoms with Crippen molar-refractivity contribution in [3.63, 3.8) is 0 Å². The first-order valence-corrected chi connectivity index (χ1v) is 12.4. The van der Waals surface area contributed by atoms with E-state index in [1.165, 1.54) is 0 Å². The summed E-state index contributed by atoms with van der Waals surface area (Å²) in [5, 5.41) is 2.78. The number of carbonyl (C=O) groups is 1. The predicted octanol–water partition coefficient (Wildman–Crippen LogP) is 3.89. The quantitative estimate of drug-likeness (QED) is 0.306. The van der Waals surface area contributed by atoms with Crippen LogP contribution in [0.3, 0.4) is 0 Å². The van der Waals surface area contributed by atoms with Crippen molar-refractivity contribution in [2.75, 3.05) is 19.5 Å². The minimum atomic E-state index is -0.268. The fourth-order valence-corrected chi connectivity index (χ4v) is 3.88. The molecule has 1 saturated carbocycles. The molecule has 0 saturated heterocycles. The van der Waals surface area contributed by atoms with Crippen LogP contribution in [0, 0.1) is 12.8 Å². The monoisotopic (exact) mass is 528 g/mol. The summed E-state index contributed by atoms with van der Waals surface area (Å²) in [4.78, 5) is 34.6. The fourth-order valence-electron chi connectivity index (χ4n) is 3.88. The largest absolute Gasteiger partial charge is 0.497 e. The molecule has 0 bridgehead atoms. The lowest BCUT2D eigenvalue weighted by atomic mass is 10.2. The number of carbonyl (C=O) groups excluding carboxylic acids is 1. The molecule has 2 atom stereocenters. The number of benzene rings is 2. The smallest absolute Gasteiger partial charge is 0.324 e. The summed E-state index contributed by atoms with van der Waals surface area (Å²) < 4.78 is 22.0. The van der Waals surface area contributed by atoms with Crippen LogP contribution in [0.4, 0.5) is 5.95 Å². The molecule has 4 aromatic rings. The normalized spacial score (nSPS) is 15.8. The van der Waals surface area contributed by atoms with Crippen molar-refractivity contribution in [1.29, 1.82) is 0 Å². The zero-order valence-corrected chi connectivity index (χ0v) is 21.8. The Hall–Kier alpha value is -4.80. The van der Waals surface area contributed by atoms with Gasteiger partial charge in [-0.3, -0.25) is 10.1 Å². The molecule has 2 aromatic heterocycles. The highest BCUT2D eigenvalue weighted by atomic mass is 16.5. The molecule has 2 heterocycles. The number of anilines is 1. The standard InChI is InChI=1S/C28H28N6O5/c1-17-12-13-29-24(30-17)22-14-23(22)25(35)31-26-32-27(38-15-18-4-8-20(36-2)9-5-18)34-28(33-26)39-16-19-6-10-21(37-3)11-7-19/h4-13,22-23H,14-16H2,1-3H3,(H,31,32,33,34,35)/t22-,23-/m0/s1. The maximum Gasteiger partial charge on any atom is 0.324 e. The van der Waals surface area contributed by atoms with Gasteiger partial charge in [0.25, 0.3) is 0 Å². The zero-order chi connectivity index (χ0) is 27.2. The summed E-state index contributed by atoms with van der Waals surface area (Å²) in [6.45, 7) is 2.30. The van der Waals surface area contributed by atoms with Crippen LogP contribution in [-0.4, -0.2) is 45.0 Å². The van der Waals surface area contributed by atoms with E-state index in [2.05, 4.69) is 30.2 Å². The van der Waals surface area contributed by atoms with Gasteiger partial charge in [-0.2, -0.15) is 9.97 Å². The number of hydrogen-bond acceptors (Lipinski definition) is 10. The number of aromatic nitrogens is 5. The molecule has 11 heteroatoms. The summed E-state index contributed by atoms with van der Waals surface area (Å²) in [5.41, 5.74) is 2.64. The highest BCUT2D eigenvalue weighted by molar-refractivity contribution is 5.93. The summed E-state index contributed by atoms with van der Waals surface area (Å²) in [5.74, 6) is 1.66. The minimum absolute atomic E-state index is 0.0233. The molecule has 0 spiro atoms. The van der Waals surface area contributed by atoms with Gasteiger partial charge in [-0.05, 0) is 54.8 Å². The molecule has 1 aliphatic carbocycles. The Kier molecular flexibility index (Phi) is 7.76. The number of amides is 1. The van der Waals surface area contributed by atoms with E-state index in [-0.39, 0.29) is 48.9 Å². The molecule has 1 fully saturated rings. The minimum Gasteiger partial charge on any atom is -0.497 e. The van der Waals surface area contributed by atoms with Crippen LogP contribution in [-0.2, 0) is 18.0 Å². The summed E-state index contributed by atoms with van der Waals surface area (Å²) in [7, 11) is 3.22. The topological polar surface area (TPSA) is 130 Å². The number of methoxy groups -OCH3 is 2. The molecule has 0 radical (unpaired) electrons. The van der Waals surface area contributed by atoms with E-state index in [9.17, 15) is 4.79 Å². The van der Waals surface area contributed by atoms with Crippen molar-refractivity contribution >= 4 is 11.9 Å². The lowest BCUT2D eigenvalue weighted by Gasteiger charge is -2.11. The Morgan fingerprint density at radius 3 is 1.90 bits per heavy atom. The number of ether oxygens (including phenoxy) is 4. The van der Waals surface area contributed by atoms with Crippen LogP contribution < -0.4 is 24.3 Å². The average molecular weight is 529 g/mol. The van der Waals surface area contributed by atoms with E-state index in [4.69, 9.17) is 18.9 Å². The van der Waals surface area contributed by atoms with E-state index in [0.717, 1.165) is 28.3 Å². The van der Waals surface area contributed by atoms with Crippen molar-refractivity contribution in [3.8, 4) is 23.5 Å². The molecule has 1 N–H and O–H groups in total. The molecular formula is C28H28N6O5. The molecule has 0 aliphatic heterocycles. The summed E-state index contributed by atoms with van der Waals surface area (Å²) in [6.07, 6.45) is 2.36. The van der Waals surface area contributed by atoms with Crippen LogP contribution in [0.15, 0.2) is 60.8 Å². The van der Waals surface area contributed by atoms with E-state index in [1.54, 1.807) is 20.4 Å². The molecule has 200 valence electrons. The maximum atomic E-state index is 13.0. The molecule has 1 amide bonds. The van der Waals surface area contributed by atoms with Gasteiger partial charge in [0.05, 0.1) is 14.2 Å². The van der Waals surface area contributed by atoms with Crippen molar-refractivity contribution in [1.82, 2.24) is 24.9 Å². The van der Waals surface area contributed by atoms with E-state index in [1.807, 2.05) is 61.5 Å². The van der Waals surface area contributed by atoms with Crippen LogP contribution in [0.2, 0.25) is 0 Å². The lowest BCUT2D eigenvalue weighted by Crippen LogP contribution is -2.18. The van der Waals surface area contributed by atoms with Gasteiger partial charge in [0, 0.05) is 23.7 Å². The van der Waals surface area contributed by atoms with Gasteiger partial charge < -0.3 is 18.9 Å². The van der Waals surface area contributed by atoms with Gasteiger partial charge in [0.1, 0.15) is 30.5 Å². The maximum absolute atomic E-state index is 13.0. The summed E-state index contributed by atoms with van der Waals surface area (Å²) >= 11 is 0. The Bertz CT molecular complexity index is 1360. The van der Waals surface area contributed by atoms with Gasteiger partial charge in [0.2, 0.25) is 11.9 Å². The lowest BCUT2D eigenvalue weighted by molar-refractivity contribution is -0.117. The Balaban J connectivity index is 1.29. The Morgan fingerprint density at radius 1 is 0.821 bits per heavy atom. The van der Waals surface area contributed by atoms with Crippen molar-refractivity contribution in [2.45, 2.75) is 32.5 Å². The van der Waals surface area contributed by atoms with Crippen LogP contribution in [0.25, 0.3) is 0 Å². The first kappa shape index (κ1) is 25.8. The SMILES string of the molecule is COc1ccc(COc2nc(NC(=O)[C@H]3C[C@@H]3c3nccc(C)n3)nc(OCc3ccc(OC)cc3)n2)cc1. The molecule has 11 nitrogen and oxygen atoms in total. The third kappa shape index (κ3) is 6.75. The number of rotatable bonds is 11. The third-order valence-corrected chi connectivity index (χ3v) is 6.16. The van der Waals surface area contributed by atoms with E-state index >= 15 is 0 Å². The molecule has 5 rings (SSSR count). The molecule has 2 aromatic carbocycles. The summed E-state index contributed by atoms with van der Waals surface area (Å²) in [6, 6.07) is 16.7. The van der Waals surface area contributed by atoms with Gasteiger partial charge in [-0.25, -0.2) is 9.97 Å². The van der Waals surface area contributed by atoms with Crippen molar-refractivity contribution in [2.24, 2.45) is 5.92 Å². The predicted molar refractivity (Wildman–Crippen MR) is 141 cm³/mol. The Labute approximate surface area is 225 Å². The third-order valence-electron chi connectivity index (χ3n) is 6.16. The number of hydrogen-bond donors (Lipinski definition) is 1. The average Bonchev–Trinajstić information content (AvgIpc) is 3.77. The van der Waals surface area contributed by atoms with E-state index < -0.39 is 0 Å². The first-order chi connectivity index (χ1) is 19.0. The second-order valence-electron chi connectivity index (χ2n) is 8.99. The highest BCUT2D eigenvalue weighted by Crippen LogP contribution is 2.46. The number of nitrogens with one attached hydrogen (secondary N) is 1. The van der Waals surface area contributed by atoms with Gasteiger partial charge in [-0.1, -0.05) is 24.3 Å².